The molecule has 1 aliphatic rings. The molecule has 0 bridgehead atoms. The topological polar surface area (TPSA) is 85.2 Å². The first-order chi connectivity index (χ1) is 13.7. The monoisotopic (exact) mass is 386 g/mol. The van der Waals surface area contributed by atoms with Crippen LogP contribution in [0.5, 0.6) is 0 Å². The largest absolute Gasteiger partial charge is 0.385 e. The smallest absolute Gasteiger partial charge is 0.240 e. The van der Waals surface area contributed by atoms with Crippen LogP contribution in [0.2, 0.25) is 0 Å². The molecular weight excluding hydrogens is 356 g/mol. The number of benzene rings is 1. The van der Waals surface area contributed by atoms with Crippen LogP contribution in [-0.4, -0.2) is 41.6 Å². The molecular formula is C21H30N4O3. The number of aromatic nitrogens is 2. The molecule has 1 heterocycles. The molecule has 0 spiro atoms. The lowest BCUT2D eigenvalue weighted by atomic mass is 9.89. The molecule has 0 radical (unpaired) electrons. The molecule has 28 heavy (non-hydrogen) atoms. The van der Waals surface area contributed by atoms with E-state index in [1.165, 1.54) is 6.42 Å². The van der Waals surface area contributed by atoms with E-state index in [1.807, 2.05) is 28.8 Å². The Bertz CT molecular complexity index is 796. The van der Waals surface area contributed by atoms with Gasteiger partial charge in [0, 0.05) is 26.2 Å². The zero-order chi connectivity index (χ0) is 19.8. The molecule has 2 amide bonds. The predicted molar refractivity (Wildman–Crippen MR) is 108 cm³/mol. The fourth-order valence-electron chi connectivity index (χ4n) is 3.76. The van der Waals surface area contributed by atoms with Crippen LogP contribution < -0.4 is 10.6 Å². The zero-order valence-corrected chi connectivity index (χ0v) is 16.6. The summed E-state index contributed by atoms with van der Waals surface area (Å²) in [5.74, 6) is 0.842. The highest BCUT2D eigenvalue weighted by Crippen LogP contribution is 2.24. The summed E-state index contributed by atoms with van der Waals surface area (Å²) in [6.07, 6.45) is 6.17. The van der Waals surface area contributed by atoms with E-state index in [-0.39, 0.29) is 24.3 Å². The van der Waals surface area contributed by atoms with Crippen LogP contribution in [0.3, 0.4) is 0 Å². The van der Waals surface area contributed by atoms with Gasteiger partial charge in [0.05, 0.1) is 17.6 Å². The number of para-hydroxylation sites is 2. The number of methoxy groups -OCH3 is 1. The van der Waals surface area contributed by atoms with Gasteiger partial charge >= 0.3 is 0 Å². The number of nitrogens with one attached hydrogen (secondary N) is 2. The number of ether oxygens (including phenoxy) is 1. The first-order valence-corrected chi connectivity index (χ1v) is 10.2. The van der Waals surface area contributed by atoms with Crippen LogP contribution in [0.25, 0.3) is 11.0 Å². The maximum absolute atomic E-state index is 12.5. The zero-order valence-electron chi connectivity index (χ0n) is 16.6. The second-order valence-electron chi connectivity index (χ2n) is 7.35. The molecule has 3 rings (SSSR count). The average molecular weight is 386 g/mol. The van der Waals surface area contributed by atoms with Gasteiger partial charge in [0.25, 0.3) is 0 Å². The van der Waals surface area contributed by atoms with Crippen LogP contribution >= 0.6 is 0 Å². The summed E-state index contributed by atoms with van der Waals surface area (Å²) in [4.78, 5) is 29.5. The minimum absolute atomic E-state index is 0.0703. The molecule has 0 aliphatic heterocycles. The van der Waals surface area contributed by atoms with Crippen molar-refractivity contribution in [1.82, 2.24) is 20.2 Å². The lowest BCUT2D eigenvalue weighted by molar-refractivity contribution is -0.126. The number of hydrogen-bond acceptors (Lipinski definition) is 4. The number of rotatable bonds is 9. The summed E-state index contributed by atoms with van der Waals surface area (Å²) in [5.41, 5.74) is 1.73. The van der Waals surface area contributed by atoms with Gasteiger partial charge in [-0.3, -0.25) is 9.59 Å². The molecule has 1 aliphatic carbocycles. The third kappa shape index (κ3) is 5.32. The van der Waals surface area contributed by atoms with E-state index in [9.17, 15) is 9.59 Å². The number of carbonyl (C=O) groups excluding carboxylic acids is 2. The molecule has 0 atom stereocenters. The fourth-order valence-corrected chi connectivity index (χ4v) is 3.76. The maximum atomic E-state index is 12.5. The van der Waals surface area contributed by atoms with Crippen molar-refractivity contribution in [3.8, 4) is 0 Å². The Morgan fingerprint density at radius 3 is 2.75 bits per heavy atom. The Morgan fingerprint density at radius 2 is 1.96 bits per heavy atom. The highest BCUT2D eigenvalue weighted by atomic mass is 16.5. The molecule has 2 aromatic rings. The number of imidazole rings is 1. The number of hydrogen-bond donors (Lipinski definition) is 2. The van der Waals surface area contributed by atoms with Gasteiger partial charge in [-0.15, -0.1) is 0 Å². The van der Waals surface area contributed by atoms with Gasteiger partial charge in [0.15, 0.2) is 0 Å². The van der Waals surface area contributed by atoms with Gasteiger partial charge in [-0.25, -0.2) is 4.98 Å². The first kappa shape index (κ1) is 20.3. The van der Waals surface area contributed by atoms with Crippen LogP contribution in [0, 0.1) is 5.92 Å². The molecule has 1 fully saturated rings. The number of carbonyl (C=O) groups is 2. The van der Waals surface area contributed by atoms with Gasteiger partial charge in [-0.2, -0.15) is 0 Å². The lowest BCUT2D eigenvalue weighted by Gasteiger charge is -2.20. The van der Waals surface area contributed by atoms with Crippen molar-refractivity contribution >= 4 is 22.8 Å². The van der Waals surface area contributed by atoms with Crippen molar-refractivity contribution < 1.29 is 14.3 Å². The van der Waals surface area contributed by atoms with Crippen LogP contribution in [-0.2, 0) is 27.4 Å². The summed E-state index contributed by atoms with van der Waals surface area (Å²) in [7, 11) is 1.65. The number of nitrogens with zero attached hydrogens (tertiary/aromatic N) is 2. The predicted octanol–water partition coefficient (Wildman–Crippen LogP) is 2.39. The van der Waals surface area contributed by atoms with Crippen LogP contribution in [0.15, 0.2) is 24.3 Å². The van der Waals surface area contributed by atoms with E-state index in [1.54, 1.807) is 7.11 Å². The average Bonchev–Trinajstić information content (AvgIpc) is 3.07. The van der Waals surface area contributed by atoms with E-state index in [4.69, 9.17) is 4.74 Å². The molecule has 1 saturated carbocycles. The SMILES string of the molecule is COCCCNC(=O)Cn1c(CNC(=O)C2CCCCC2)nc2ccccc21. The minimum Gasteiger partial charge on any atom is -0.385 e. The van der Waals surface area contributed by atoms with Gasteiger partial charge in [-0.05, 0) is 31.4 Å². The summed E-state index contributed by atoms with van der Waals surface area (Å²) in [6, 6.07) is 7.73. The van der Waals surface area contributed by atoms with Gasteiger partial charge in [0.1, 0.15) is 12.4 Å². The van der Waals surface area contributed by atoms with E-state index < -0.39 is 0 Å². The Hall–Kier alpha value is -2.41. The van der Waals surface area contributed by atoms with Crippen molar-refractivity contribution in [1.29, 1.82) is 0 Å². The molecule has 7 nitrogen and oxygen atoms in total. The Morgan fingerprint density at radius 1 is 1.18 bits per heavy atom. The van der Waals surface area contributed by atoms with Crippen molar-refractivity contribution in [2.75, 3.05) is 20.3 Å². The summed E-state index contributed by atoms with van der Waals surface area (Å²) in [5, 5.41) is 5.94. The first-order valence-electron chi connectivity index (χ1n) is 10.2. The Labute approximate surface area is 165 Å². The maximum Gasteiger partial charge on any atom is 0.240 e. The standard InChI is InChI=1S/C21H30N4O3/c1-28-13-7-12-22-20(26)15-25-18-11-6-5-10-17(18)24-19(25)14-23-21(27)16-8-3-2-4-9-16/h5-6,10-11,16H,2-4,7-9,12-15H2,1H3,(H,22,26)(H,23,27). The quantitative estimate of drug-likeness (QED) is 0.648. The van der Waals surface area contributed by atoms with Crippen molar-refractivity contribution in [2.24, 2.45) is 5.92 Å². The molecule has 1 aromatic heterocycles. The molecule has 0 saturated heterocycles. The molecule has 1 aromatic carbocycles. The molecule has 0 unspecified atom stereocenters. The van der Waals surface area contributed by atoms with Gasteiger partial charge in [-0.1, -0.05) is 31.4 Å². The normalized spacial score (nSPS) is 14.9. The molecule has 2 N–H and O–H groups in total. The van der Waals surface area contributed by atoms with Crippen molar-refractivity contribution in [2.45, 2.75) is 51.6 Å². The summed E-state index contributed by atoms with van der Waals surface area (Å²) >= 11 is 0. The lowest BCUT2D eigenvalue weighted by Crippen LogP contribution is -2.33. The highest BCUT2D eigenvalue weighted by Gasteiger charge is 2.21. The van der Waals surface area contributed by atoms with Gasteiger partial charge < -0.3 is 19.9 Å². The van der Waals surface area contributed by atoms with Crippen LogP contribution in [0.1, 0.15) is 44.3 Å². The van der Waals surface area contributed by atoms with E-state index in [0.717, 1.165) is 43.1 Å². The molecule has 152 valence electrons. The molecule has 7 heteroatoms. The third-order valence-electron chi connectivity index (χ3n) is 5.28. The highest BCUT2D eigenvalue weighted by molar-refractivity contribution is 5.81. The second-order valence-corrected chi connectivity index (χ2v) is 7.35. The third-order valence-corrected chi connectivity index (χ3v) is 5.28. The van der Waals surface area contributed by atoms with Crippen molar-refractivity contribution in [3.05, 3.63) is 30.1 Å². The number of fused-ring (bicyclic) bond motifs is 1. The van der Waals surface area contributed by atoms with Crippen LogP contribution in [0.4, 0.5) is 0 Å². The number of amides is 2. The van der Waals surface area contributed by atoms with E-state index in [0.29, 0.717) is 25.5 Å². The van der Waals surface area contributed by atoms with Crippen molar-refractivity contribution in [3.63, 3.8) is 0 Å². The van der Waals surface area contributed by atoms with E-state index in [2.05, 4.69) is 15.6 Å². The second kappa shape index (κ2) is 10.2. The Balaban J connectivity index is 1.66. The fraction of sp³-hybridized carbons (Fsp3) is 0.571. The summed E-state index contributed by atoms with van der Waals surface area (Å²) < 4.78 is 6.89. The Kier molecular flexibility index (Phi) is 7.42. The minimum atomic E-state index is -0.0703. The van der Waals surface area contributed by atoms with Gasteiger partial charge in [0.2, 0.25) is 11.8 Å². The summed E-state index contributed by atoms with van der Waals surface area (Å²) in [6.45, 7) is 1.71. The van der Waals surface area contributed by atoms with E-state index >= 15 is 0 Å².